The minimum absolute atomic E-state index is 0.390. The SMILES string of the molecule is BrC1(C2(Br)CCCCCC2)CCCCCC1. The predicted octanol–water partition coefficient (Wildman–Crippen LogP) is 5.96. The molecule has 0 N–H and O–H groups in total. The fourth-order valence-electron chi connectivity index (χ4n) is 3.47. The van der Waals surface area contributed by atoms with Gasteiger partial charge in [0.05, 0.1) is 0 Å². The van der Waals surface area contributed by atoms with Crippen LogP contribution in [0.4, 0.5) is 0 Å². The van der Waals surface area contributed by atoms with E-state index >= 15 is 0 Å². The van der Waals surface area contributed by atoms with Crippen LogP contribution in [0.1, 0.15) is 77.0 Å². The first-order chi connectivity index (χ1) is 7.66. The zero-order valence-electron chi connectivity index (χ0n) is 10.2. The van der Waals surface area contributed by atoms with Gasteiger partial charge in [0.1, 0.15) is 0 Å². The Bertz CT molecular complexity index is 185. The van der Waals surface area contributed by atoms with Gasteiger partial charge in [-0.15, -0.1) is 0 Å². The third-order valence-corrected chi connectivity index (χ3v) is 8.23. The van der Waals surface area contributed by atoms with Crippen molar-refractivity contribution in [2.75, 3.05) is 0 Å². The first-order valence-electron chi connectivity index (χ1n) is 7.04. The molecule has 0 aromatic carbocycles. The first kappa shape index (κ1) is 13.4. The Hall–Kier alpha value is 0.960. The van der Waals surface area contributed by atoms with Crippen molar-refractivity contribution in [1.82, 2.24) is 0 Å². The van der Waals surface area contributed by atoms with Crippen LogP contribution >= 0.6 is 31.9 Å². The second-order valence-electron chi connectivity index (χ2n) is 5.76. The topological polar surface area (TPSA) is 0 Å². The summed E-state index contributed by atoms with van der Waals surface area (Å²) in [7, 11) is 0. The molecule has 0 atom stereocenters. The molecule has 2 aliphatic rings. The maximum atomic E-state index is 4.15. The number of hydrogen-bond acceptors (Lipinski definition) is 0. The summed E-state index contributed by atoms with van der Waals surface area (Å²) in [5.74, 6) is 0. The summed E-state index contributed by atoms with van der Waals surface area (Å²) in [5.41, 5.74) is 0. The van der Waals surface area contributed by atoms with E-state index in [1.807, 2.05) is 0 Å². The number of rotatable bonds is 1. The standard InChI is InChI=1S/C14H24Br2/c15-13(9-5-1-2-6-10-13)14(16)11-7-3-4-8-12-14/h1-12H2. The van der Waals surface area contributed by atoms with Gasteiger partial charge in [0.2, 0.25) is 0 Å². The molecule has 2 rings (SSSR count). The summed E-state index contributed by atoms with van der Waals surface area (Å²) in [5, 5.41) is 0. The lowest BCUT2D eigenvalue weighted by Crippen LogP contribution is -2.44. The normalized spacial score (nSPS) is 30.4. The summed E-state index contributed by atoms with van der Waals surface area (Å²) >= 11 is 8.30. The van der Waals surface area contributed by atoms with Crippen LogP contribution < -0.4 is 0 Å². The van der Waals surface area contributed by atoms with Crippen LogP contribution in [0.5, 0.6) is 0 Å². The van der Waals surface area contributed by atoms with E-state index in [4.69, 9.17) is 0 Å². The van der Waals surface area contributed by atoms with Gasteiger partial charge in [0.25, 0.3) is 0 Å². The van der Waals surface area contributed by atoms with E-state index in [1.54, 1.807) is 0 Å². The van der Waals surface area contributed by atoms with Gasteiger partial charge in [-0.3, -0.25) is 0 Å². The van der Waals surface area contributed by atoms with Crippen LogP contribution in [-0.2, 0) is 0 Å². The fourth-order valence-corrected chi connectivity index (χ4v) is 5.39. The first-order valence-corrected chi connectivity index (χ1v) is 8.63. The largest absolute Gasteiger partial charge is 0.0838 e. The Kier molecular flexibility index (Phi) is 4.80. The maximum Gasteiger partial charge on any atom is 0.0410 e. The van der Waals surface area contributed by atoms with Gasteiger partial charge in [0, 0.05) is 8.65 Å². The molecule has 2 aliphatic carbocycles. The number of hydrogen-bond donors (Lipinski definition) is 0. The zero-order valence-corrected chi connectivity index (χ0v) is 13.4. The van der Waals surface area contributed by atoms with Crippen LogP contribution in [0.25, 0.3) is 0 Å². The molecule has 0 radical (unpaired) electrons. The number of halogens is 2. The lowest BCUT2D eigenvalue weighted by atomic mass is 9.81. The van der Waals surface area contributed by atoms with E-state index in [9.17, 15) is 0 Å². The van der Waals surface area contributed by atoms with Crippen molar-refractivity contribution in [1.29, 1.82) is 0 Å². The molecule has 0 bridgehead atoms. The highest BCUT2D eigenvalue weighted by molar-refractivity contribution is 9.13. The Morgan fingerprint density at radius 2 is 0.688 bits per heavy atom. The monoisotopic (exact) mass is 350 g/mol. The van der Waals surface area contributed by atoms with Gasteiger partial charge in [-0.2, -0.15) is 0 Å². The van der Waals surface area contributed by atoms with E-state index in [-0.39, 0.29) is 0 Å². The summed E-state index contributed by atoms with van der Waals surface area (Å²) in [6, 6.07) is 0. The molecule has 0 nitrogen and oxygen atoms in total. The third kappa shape index (κ3) is 2.85. The Labute approximate surface area is 117 Å². The van der Waals surface area contributed by atoms with Gasteiger partial charge < -0.3 is 0 Å². The Morgan fingerprint density at radius 3 is 0.938 bits per heavy atom. The molecule has 0 aromatic rings. The summed E-state index contributed by atoms with van der Waals surface area (Å²) in [4.78, 5) is 0. The second-order valence-corrected chi connectivity index (χ2v) is 8.79. The van der Waals surface area contributed by atoms with Gasteiger partial charge in [-0.1, -0.05) is 83.2 Å². The molecule has 0 spiro atoms. The molecule has 0 amide bonds. The molecule has 0 heterocycles. The van der Waals surface area contributed by atoms with Crippen molar-refractivity contribution in [2.45, 2.75) is 85.7 Å². The quantitative estimate of drug-likeness (QED) is 0.403. The molecule has 2 fully saturated rings. The van der Waals surface area contributed by atoms with Gasteiger partial charge >= 0.3 is 0 Å². The highest BCUT2D eigenvalue weighted by Gasteiger charge is 2.47. The minimum Gasteiger partial charge on any atom is -0.0838 e. The molecule has 0 aliphatic heterocycles. The third-order valence-electron chi connectivity index (χ3n) is 4.60. The average Bonchev–Trinajstić information content (AvgIpc) is 2.61. The summed E-state index contributed by atoms with van der Waals surface area (Å²) < 4.78 is 0.779. The van der Waals surface area contributed by atoms with Crippen molar-refractivity contribution in [3.63, 3.8) is 0 Å². The molecular weight excluding hydrogens is 328 g/mol. The van der Waals surface area contributed by atoms with Crippen molar-refractivity contribution in [3.8, 4) is 0 Å². The van der Waals surface area contributed by atoms with E-state index in [2.05, 4.69) is 31.9 Å². The van der Waals surface area contributed by atoms with Crippen LogP contribution in [0.3, 0.4) is 0 Å². The fraction of sp³-hybridized carbons (Fsp3) is 1.00. The Morgan fingerprint density at radius 1 is 0.438 bits per heavy atom. The second kappa shape index (κ2) is 5.73. The zero-order chi connectivity index (χ0) is 11.5. The summed E-state index contributed by atoms with van der Waals surface area (Å²) in [6.45, 7) is 0. The van der Waals surface area contributed by atoms with E-state index in [0.29, 0.717) is 8.65 Å². The van der Waals surface area contributed by atoms with E-state index in [1.165, 1.54) is 77.0 Å². The summed E-state index contributed by atoms with van der Waals surface area (Å²) in [6.07, 6.45) is 16.9. The van der Waals surface area contributed by atoms with Crippen molar-refractivity contribution in [2.24, 2.45) is 0 Å². The van der Waals surface area contributed by atoms with Crippen LogP contribution in [0.15, 0.2) is 0 Å². The van der Waals surface area contributed by atoms with Crippen molar-refractivity contribution >= 4 is 31.9 Å². The van der Waals surface area contributed by atoms with Gasteiger partial charge in [-0.25, -0.2) is 0 Å². The lowest BCUT2D eigenvalue weighted by molar-refractivity contribution is 0.361. The number of alkyl halides is 2. The van der Waals surface area contributed by atoms with Crippen LogP contribution in [0, 0.1) is 0 Å². The molecule has 2 heteroatoms. The predicted molar refractivity (Wildman–Crippen MR) is 78.7 cm³/mol. The molecule has 2 saturated carbocycles. The maximum absolute atomic E-state index is 4.15. The smallest absolute Gasteiger partial charge is 0.0410 e. The van der Waals surface area contributed by atoms with Crippen LogP contribution in [0.2, 0.25) is 0 Å². The molecule has 16 heavy (non-hydrogen) atoms. The van der Waals surface area contributed by atoms with Gasteiger partial charge in [-0.05, 0) is 25.7 Å². The average molecular weight is 352 g/mol. The highest BCUT2D eigenvalue weighted by Crippen LogP contribution is 2.53. The minimum atomic E-state index is 0.390. The lowest BCUT2D eigenvalue weighted by Gasteiger charge is -2.43. The molecule has 94 valence electrons. The molecule has 0 unspecified atom stereocenters. The van der Waals surface area contributed by atoms with Gasteiger partial charge in [0.15, 0.2) is 0 Å². The molecular formula is C14H24Br2. The molecule has 0 saturated heterocycles. The van der Waals surface area contributed by atoms with Crippen molar-refractivity contribution < 1.29 is 0 Å². The molecule has 0 aromatic heterocycles. The highest BCUT2D eigenvalue weighted by atomic mass is 79.9. The Balaban J connectivity index is 2.11. The van der Waals surface area contributed by atoms with E-state index < -0.39 is 0 Å². The van der Waals surface area contributed by atoms with Crippen LogP contribution in [-0.4, -0.2) is 8.65 Å². The van der Waals surface area contributed by atoms with E-state index in [0.717, 1.165) is 0 Å². The van der Waals surface area contributed by atoms with Crippen molar-refractivity contribution in [3.05, 3.63) is 0 Å².